The molecular weight excluding hydrogens is 449 g/mol. The number of hydrogen-bond donors (Lipinski definition) is 2. The zero-order chi connectivity index (χ0) is 23.9. The van der Waals surface area contributed by atoms with E-state index in [1.54, 1.807) is 6.20 Å². The highest BCUT2D eigenvalue weighted by Gasteiger charge is 2.35. The standard InChI is InChI=1S/C22H23F3N8O/c1-13-8-17(6-7-33(13)20(34)18-10-27-31-30-18)32-11-14-9-26-21(29-19(14)12-32)28-16-4-2-15(3-5-16)22(23,24)25/h2-5,9-10,13,17H,6-8,11-12H2,1H3,(H,26,28,29)(H,27,30,31)/t13-,17-/m1/s1. The number of aromatic amines is 1. The number of benzene rings is 1. The average Bonchev–Trinajstić information content (AvgIpc) is 3.48. The van der Waals surface area contributed by atoms with E-state index < -0.39 is 11.7 Å². The van der Waals surface area contributed by atoms with Gasteiger partial charge in [0.1, 0.15) is 0 Å². The van der Waals surface area contributed by atoms with E-state index in [0.29, 0.717) is 36.5 Å². The van der Waals surface area contributed by atoms with Crippen molar-refractivity contribution in [3.63, 3.8) is 0 Å². The molecule has 178 valence electrons. The van der Waals surface area contributed by atoms with Gasteiger partial charge < -0.3 is 10.2 Å². The highest BCUT2D eigenvalue weighted by molar-refractivity contribution is 5.92. The number of fused-ring (bicyclic) bond motifs is 1. The second-order valence-corrected chi connectivity index (χ2v) is 8.66. The molecule has 2 N–H and O–H groups in total. The van der Waals surface area contributed by atoms with Crippen molar-refractivity contribution in [3.8, 4) is 0 Å². The van der Waals surface area contributed by atoms with Crippen molar-refractivity contribution in [2.75, 3.05) is 11.9 Å². The number of alkyl halides is 3. The third kappa shape index (κ3) is 4.45. The maximum Gasteiger partial charge on any atom is 0.416 e. The Kier molecular flexibility index (Phi) is 5.68. The van der Waals surface area contributed by atoms with Crippen molar-refractivity contribution in [3.05, 3.63) is 59.2 Å². The molecule has 2 aliphatic rings. The Balaban J connectivity index is 1.21. The smallest absolute Gasteiger partial charge is 0.334 e. The number of likely N-dealkylation sites (tertiary alicyclic amines) is 1. The molecule has 1 amide bonds. The molecule has 0 spiro atoms. The van der Waals surface area contributed by atoms with E-state index in [9.17, 15) is 18.0 Å². The van der Waals surface area contributed by atoms with Gasteiger partial charge in [-0.05, 0) is 44.0 Å². The van der Waals surface area contributed by atoms with Crippen LogP contribution in [0.5, 0.6) is 0 Å². The van der Waals surface area contributed by atoms with Crippen molar-refractivity contribution >= 4 is 17.5 Å². The van der Waals surface area contributed by atoms with E-state index in [-0.39, 0.29) is 11.9 Å². The summed E-state index contributed by atoms with van der Waals surface area (Å²) in [6.45, 7) is 4.06. The first-order valence-electron chi connectivity index (χ1n) is 11.0. The van der Waals surface area contributed by atoms with Gasteiger partial charge in [-0.3, -0.25) is 14.8 Å². The van der Waals surface area contributed by atoms with Crippen LogP contribution in [-0.2, 0) is 19.3 Å². The van der Waals surface area contributed by atoms with Gasteiger partial charge in [0.2, 0.25) is 5.95 Å². The average molecular weight is 472 g/mol. The second-order valence-electron chi connectivity index (χ2n) is 8.66. The van der Waals surface area contributed by atoms with Gasteiger partial charge in [-0.25, -0.2) is 9.97 Å². The Bertz CT molecular complexity index is 1170. The van der Waals surface area contributed by atoms with Gasteiger partial charge in [-0.1, -0.05) is 5.21 Å². The number of piperidine rings is 1. The van der Waals surface area contributed by atoms with Crippen LogP contribution in [0.15, 0.2) is 36.7 Å². The number of hydrogen-bond acceptors (Lipinski definition) is 7. The molecule has 1 fully saturated rings. The van der Waals surface area contributed by atoms with E-state index in [4.69, 9.17) is 0 Å². The van der Waals surface area contributed by atoms with Gasteiger partial charge in [0.25, 0.3) is 5.91 Å². The summed E-state index contributed by atoms with van der Waals surface area (Å²) in [7, 11) is 0. The number of carbonyl (C=O) groups excluding carboxylic acids is 1. The largest absolute Gasteiger partial charge is 0.416 e. The van der Waals surface area contributed by atoms with Crippen LogP contribution in [0.25, 0.3) is 0 Å². The number of halogens is 3. The fourth-order valence-electron chi connectivity index (χ4n) is 4.60. The SMILES string of the molecule is C[C@@H]1C[C@H](N2Cc3cnc(Nc4ccc(C(F)(F)F)cc4)nc3C2)CCN1C(=O)c1c[nH]nn1. The molecule has 3 aromatic rings. The van der Waals surface area contributed by atoms with Gasteiger partial charge >= 0.3 is 6.18 Å². The number of H-pyrrole nitrogens is 1. The van der Waals surface area contributed by atoms with Gasteiger partial charge in [0.15, 0.2) is 5.69 Å². The Hall–Kier alpha value is -3.54. The molecule has 0 saturated carbocycles. The van der Waals surface area contributed by atoms with E-state index in [2.05, 4.69) is 35.6 Å². The van der Waals surface area contributed by atoms with Gasteiger partial charge in [-0.2, -0.15) is 13.2 Å². The van der Waals surface area contributed by atoms with E-state index in [0.717, 1.165) is 42.8 Å². The molecule has 2 aromatic heterocycles. The first-order valence-corrected chi connectivity index (χ1v) is 11.0. The van der Waals surface area contributed by atoms with Gasteiger partial charge in [-0.15, -0.1) is 5.10 Å². The van der Waals surface area contributed by atoms with Crippen LogP contribution >= 0.6 is 0 Å². The highest BCUT2D eigenvalue weighted by atomic mass is 19.4. The lowest BCUT2D eigenvalue weighted by atomic mass is 9.96. The van der Waals surface area contributed by atoms with Crippen molar-refractivity contribution in [2.45, 2.75) is 51.1 Å². The summed E-state index contributed by atoms with van der Waals surface area (Å²) in [4.78, 5) is 25.7. The number of nitrogens with one attached hydrogen (secondary N) is 2. The monoisotopic (exact) mass is 472 g/mol. The van der Waals surface area contributed by atoms with Crippen LogP contribution in [-0.4, -0.2) is 59.7 Å². The van der Waals surface area contributed by atoms with Gasteiger partial charge in [0, 0.05) is 49.2 Å². The molecule has 5 rings (SSSR count). The Morgan fingerprint density at radius 1 is 1.21 bits per heavy atom. The Morgan fingerprint density at radius 2 is 2.00 bits per heavy atom. The van der Waals surface area contributed by atoms with Gasteiger partial charge in [0.05, 0.1) is 17.5 Å². The van der Waals surface area contributed by atoms with Crippen LogP contribution in [0.1, 0.15) is 47.1 Å². The number of rotatable bonds is 4. The molecule has 0 unspecified atom stereocenters. The van der Waals surface area contributed by atoms with Crippen molar-refractivity contribution in [2.24, 2.45) is 0 Å². The number of nitrogens with zero attached hydrogens (tertiary/aromatic N) is 6. The fourth-order valence-corrected chi connectivity index (χ4v) is 4.60. The first-order chi connectivity index (χ1) is 16.3. The zero-order valence-corrected chi connectivity index (χ0v) is 18.4. The lowest BCUT2D eigenvalue weighted by Gasteiger charge is -2.40. The van der Waals surface area contributed by atoms with Crippen LogP contribution in [0, 0.1) is 0 Å². The van der Waals surface area contributed by atoms with Crippen molar-refractivity contribution < 1.29 is 18.0 Å². The summed E-state index contributed by atoms with van der Waals surface area (Å²) in [6.07, 6.45) is 0.575. The predicted molar refractivity (Wildman–Crippen MR) is 116 cm³/mol. The molecule has 0 bridgehead atoms. The number of carbonyl (C=O) groups is 1. The van der Waals surface area contributed by atoms with Crippen molar-refractivity contribution in [1.29, 1.82) is 0 Å². The summed E-state index contributed by atoms with van der Waals surface area (Å²) in [5.41, 5.74) is 2.04. The highest BCUT2D eigenvalue weighted by Crippen LogP contribution is 2.32. The minimum Gasteiger partial charge on any atom is -0.334 e. The van der Waals surface area contributed by atoms with E-state index in [1.165, 1.54) is 18.3 Å². The molecule has 4 heterocycles. The van der Waals surface area contributed by atoms with Crippen LogP contribution in [0.3, 0.4) is 0 Å². The zero-order valence-electron chi connectivity index (χ0n) is 18.4. The molecule has 2 atom stereocenters. The lowest BCUT2D eigenvalue weighted by Crippen LogP contribution is -2.50. The maximum absolute atomic E-state index is 12.8. The molecule has 0 radical (unpaired) electrons. The Morgan fingerprint density at radius 3 is 2.68 bits per heavy atom. The molecule has 2 aliphatic heterocycles. The maximum atomic E-state index is 12.8. The molecule has 1 aromatic carbocycles. The predicted octanol–water partition coefficient (Wildman–Crippen LogP) is 3.37. The number of anilines is 2. The lowest BCUT2D eigenvalue weighted by molar-refractivity contribution is -0.137. The van der Waals surface area contributed by atoms with Crippen LogP contribution < -0.4 is 5.32 Å². The van der Waals surface area contributed by atoms with Crippen molar-refractivity contribution in [1.82, 2.24) is 35.2 Å². The van der Waals surface area contributed by atoms with E-state index >= 15 is 0 Å². The third-order valence-corrected chi connectivity index (χ3v) is 6.41. The quantitative estimate of drug-likeness (QED) is 0.600. The summed E-state index contributed by atoms with van der Waals surface area (Å²) >= 11 is 0. The Labute approximate surface area is 193 Å². The molecule has 0 aliphatic carbocycles. The fraction of sp³-hybridized carbons (Fsp3) is 0.409. The summed E-state index contributed by atoms with van der Waals surface area (Å²) < 4.78 is 38.3. The topological polar surface area (TPSA) is 103 Å². The number of aromatic nitrogens is 5. The molecule has 34 heavy (non-hydrogen) atoms. The summed E-state index contributed by atoms with van der Waals surface area (Å²) in [6, 6.07) is 5.14. The molecular formula is C22H23F3N8O. The molecule has 9 nitrogen and oxygen atoms in total. The van der Waals surface area contributed by atoms with E-state index in [1.807, 2.05) is 11.8 Å². The molecule has 12 heteroatoms. The minimum absolute atomic E-state index is 0.0645. The normalized spacial score (nSPS) is 20.9. The summed E-state index contributed by atoms with van der Waals surface area (Å²) in [5.74, 6) is 0.232. The summed E-state index contributed by atoms with van der Waals surface area (Å²) in [5, 5.41) is 13.0. The first kappa shape index (κ1) is 22.3. The van der Waals surface area contributed by atoms with Crippen LogP contribution in [0.4, 0.5) is 24.8 Å². The third-order valence-electron chi connectivity index (χ3n) is 6.41. The second kappa shape index (κ2) is 8.67. The minimum atomic E-state index is -4.37. The molecule has 1 saturated heterocycles. The van der Waals surface area contributed by atoms with Crippen LogP contribution in [0.2, 0.25) is 0 Å². The number of amides is 1.